The lowest BCUT2D eigenvalue weighted by Gasteiger charge is -2.55. The van der Waals surface area contributed by atoms with Gasteiger partial charge in [0.1, 0.15) is 5.60 Å². The van der Waals surface area contributed by atoms with Gasteiger partial charge in [-0.1, -0.05) is 12.2 Å². The van der Waals surface area contributed by atoms with Gasteiger partial charge in [0.05, 0.1) is 24.6 Å². The molecule has 3 saturated heterocycles. The van der Waals surface area contributed by atoms with Gasteiger partial charge in [0.2, 0.25) is 0 Å². The Morgan fingerprint density at radius 1 is 1.55 bits per heavy atom. The molecule has 0 amide bonds. The molecule has 4 rings (SSSR count). The van der Waals surface area contributed by atoms with E-state index in [9.17, 15) is 5.11 Å². The van der Waals surface area contributed by atoms with Crippen molar-refractivity contribution in [3.63, 3.8) is 0 Å². The minimum absolute atomic E-state index is 0.411. The molecule has 4 heterocycles. The van der Waals surface area contributed by atoms with Gasteiger partial charge in [-0.15, -0.1) is 11.3 Å². The van der Waals surface area contributed by atoms with Crippen LogP contribution >= 0.6 is 23.6 Å². The van der Waals surface area contributed by atoms with Gasteiger partial charge in [0.15, 0.2) is 0 Å². The molecule has 106 valence electrons. The summed E-state index contributed by atoms with van der Waals surface area (Å²) in [6, 6.07) is 0. The maximum absolute atomic E-state index is 10.9. The smallest absolute Gasteiger partial charge is 0.394 e. The van der Waals surface area contributed by atoms with E-state index in [1.54, 1.807) is 11.3 Å². The van der Waals surface area contributed by atoms with Crippen LogP contribution in [0.5, 0.6) is 0 Å². The highest BCUT2D eigenvalue weighted by Gasteiger charge is 2.51. The van der Waals surface area contributed by atoms with Crippen molar-refractivity contribution >= 4 is 36.4 Å². The number of thiazole rings is 1. The summed E-state index contributed by atoms with van der Waals surface area (Å²) in [4.78, 5) is 5.26. The molecule has 3 aliphatic heterocycles. The van der Waals surface area contributed by atoms with Gasteiger partial charge in [0, 0.05) is 36.8 Å². The number of fused-ring (bicyclic) bond motifs is 3. The number of hydrogen-bond donors (Lipinski definition) is 1. The SMILES string of the molecule is [B][N+]12CCC(CC1)C(O)(CCC(=S)Cc1nccs1)C2. The van der Waals surface area contributed by atoms with Crippen LogP contribution < -0.4 is 0 Å². The first-order chi connectivity index (χ1) is 9.49. The standard InChI is InChI=1S/C14H20BN2OS2/c15-17-6-2-11(3-7-17)14(18,10-17)4-1-12(19)9-13-16-5-8-20-13/h5,8,11,18H,1-4,6-7,9-10H2/q+1. The van der Waals surface area contributed by atoms with Crippen LogP contribution in [0.25, 0.3) is 0 Å². The molecule has 0 saturated carbocycles. The third kappa shape index (κ3) is 2.98. The number of aliphatic hydroxyl groups is 1. The Morgan fingerprint density at radius 2 is 2.30 bits per heavy atom. The summed E-state index contributed by atoms with van der Waals surface area (Å²) in [5.41, 5.74) is -0.613. The molecule has 2 bridgehead atoms. The molecular formula is C14H20BN2OS2+. The zero-order chi connectivity index (χ0) is 14.2. The average Bonchev–Trinajstić information content (AvgIpc) is 2.89. The zero-order valence-corrected chi connectivity index (χ0v) is 13.3. The van der Waals surface area contributed by atoms with Crippen LogP contribution in [0.15, 0.2) is 11.6 Å². The summed E-state index contributed by atoms with van der Waals surface area (Å²) in [6.45, 7) is 2.71. The third-order valence-corrected chi connectivity index (χ3v) is 5.99. The van der Waals surface area contributed by atoms with E-state index >= 15 is 0 Å². The van der Waals surface area contributed by atoms with Gasteiger partial charge in [-0.25, -0.2) is 4.98 Å². The fraction of sp³-hybridized carbons (Fsp3) is 0.714. The fourth-order valence-electron chi connectivity index (χ4n) is 3.69. The molecule has 1 aromatic rings. The Hall–Kier alpha value is -0.295. The molecule has 3 fully saturated rings. The van der Waals surface area contributed by atoms with E-state index in [4.69, 9.17) is 20.2 Å². The first-order valence-corrected chi connectivity index (χ1v) is 8.55. The average molecular weight is 307 g/mol. The predicted molar refractivity (Wildman–Crippen MR) is 85.9 cm³/mol. The van der Waals surface area contributed by atoms with Gasteiger partial charge in [-0.05, 0) is 17.7 Å². The lowest BCUT2D eigenvalue weighted by atomic mass is 9.69. The van der Waals surface area contributed by atoms with Gasteiger partial charge in [-0.3, -0.25) is 0 Å². The first kappa shape index (κ1) is 14.6. The molecule has 1 aromatic heterocycles. The van der Waals surface area contributed by atoms with E-state index in [1.807, 2.05) is 11.6 Å². The molecule has 1 N–H and O–H groups in total. The molecular weight excluding hydrogens is 287 g/mol. The second-order valence-electron chi connectivity index (χ2n) is 6.34. The van der Waals surface area contributed by atoms with Crippen LogP contribution in [0, 0.1) is 5.92 Å². The maximum atomic E-state index is 10.9. The van der Waals surface area contributed by atoms with Gasteiger partial charge in [0.25, 0.3) is 0 Å². The van der Waals surface area contributed by atoms with E-state index in [1.165, 1.54) is 0 Å². The largest absolute Gasteiger partial charge is 0.481 e. The van der Waals surface area contributed by atoms with Gasteiger partial charge < -0.3 is 9.50 Å². The van der Waals surface area contributed by atoms with Gasteiger partial charge >= 0.3 is 7.98 Å². The van der Waals surface area contributed by atoms with E-state index < -0.39 is 5.60 Å². The Balaban J connectivity index is 1.56. The number of rotatable bonds is 5. The van der Waals surface area contributed by atoms with Crippen molar-refractivity contribution < 1.29 is 9.50 Å². The number of aromatic nitrogens is 1. The monoisotopic (exact) mass is 307 g/mol. The molecule has 3 aliphatic rings. The second-order valence-corrected chi connectivity index (χ2v) is 7.90. The molecule has 20 heavy (non-hydrogen) atoms. The van der Waals surface area contributed by atoms with Crippen LogP contribution in [-0.2, 0) is 6.42 Å². The van der Waals surface area contributed by atoms with Crippen molar-refractivity contribution in [3.8, 4) is 0 Å². The van der Waals surface area contributed by atoms with E-state index in [0.717, 1.165) is 55.1 Å². The minimum Gasteiger partial charge on any atom is -0.394 e. The number of nitrogens with zero attached hydrogens (tertiary/aromatic N) is 2. The number of quaternary nitrogens is 1. The fourth-order valence-corrected chi connectivity index (χ4v) is 4.68. The summed E-state index contributed by atoms with van der Waals surface area (Å²) in [6.07, 6.45) is 6.21. The number of hydrogen-bond acceptors (Lipinski definition) is 4. The van der Waals surface area contributed by atoms with Crippen LogP contribution in [0.2, 0.25) is 0 Å². The molecule has 0 aromatic carbocycles. The summed E-state index contributed by atoms with van der Waals surface area (Å²) >= 11 is 7.09. The minimum atomic E-state index is -0.613. The molecule has 0 spiro atoms. The van der Waals surface area contributed by atoms with Crippen molar-refractivity contribution in [2.45, 2.75) is 37.7 Å². The normalized spacial score (nSPS) is 36.1. The quantitative estimate of drug-likeness (QED) is 0.666. The Kier molecular flexibility index (Phi) is 4.01. The summed E-state index contributed by atoms with van der Waals surface area (Å²) in [5.74, 6) is 0.411. The van der Waals surface area contributed by atoms with Crippen LogP contribution in [-0.4, -0.2) is 52.6 Å². The molecule has 1 atom stereocenters. The highest BCUT2D eigenvalue weighted by Crippen LogP contribution is 2.41. The Morgan fingerprint density at radius 3 is 2.90 bits per heavy atom. The Bertz CT molecular complexity index is 485. The molecule has 0 aliphatic carbocycles. The van der Waals surface area contributed by atoms with Crippen molar-refractivity contribution in [2.75, 3.05) is 19.6 Å². The molecule has 1 unspecified atom stereocenters. The zero-order valence-electron chi connectivity index (χ0n) is 11.6. The summed E-state index contributed by atoms with van der Waals surface area (Å²) in [5, 5.41) is 14.0. The second kappa shape index (κ2) is 5.48. The van der Waals surface area contributed by atoms with Gasteiger partial charge in [-0.2, -0.15) is 0 Å². The molecule has 2 radical (unpaired) electrons. The third-order valence-electron chi connectivity index (χ3n) is 4.86. The summed E-state index contributed by atoms with van der Waals surface area (Å²) in [7, 11) is 6.32. The Labute approximate surface area is 131 Å². The highest BCUT2D eigenvalue weighted by atomic mass is 32.1. The predicted octanol–water partition coefficient (Wildman–Crippen LogP) is 1.89. The van der Waals surface area contributed by atoms with Crippen LogP contribution in [0.4, 0.5) is 0 Å². The lowest BCUT2D eigenvalue weighted by molar-refractivity contribution is -0.846. The highest BCUT2D eigenvalue weighted by molar-refractivity contribution is 7.80. The van der Waals surface area contributed by atoms with Crippen molar-refractivity contribution in [3.05, 3.63) is 16.6 Å². The number of thiocarbonyl (C=S) groups is 1. The lowest BCUT2D eigenvalue weighted by Crippen LogP contribution is -2.68. The first-order valence-electron chi connectivity index (χ1n) is 7.26. The molecule has 6 heteroatoms. The van der Waals surface area contributed by atoms with Crippen molar-refractivity contribution in [1.82, 2.24) is 4.98 Å². The molecule has 3 nitrogen and oxygen atoms in total. The maximum Gasteiger partial charge on any atom is 0.481 e. The number of piperidine rings is 3. The van der Waals surface area contributed by atoms with E-state index in [-0.39, 0.29) is 0 Å². The van der Waals surface area contributed by atoms with E-state index in [2.05, 4.69) is 4.98 Å². The van der Waals surface area contributed by atoms with E-state index in [0.29, 0.717) is 16.9 Å². The van der Waals surface area contributed by atoms with Crippen molar-refractivity contribution in [1.29, 1.82) is 0 Å². The van der Waals surface area contributed by atoms with Crippen LogP contribution in [0.1, 0.15) is 30.7 Å². The van der Waals surface area contributed by atoms with Crippen LogP contribution in [0.3, 0.4) is 0 Å². The summed E-state index contributed by atoms with van der Waals surface area (Å²) < 4.78 is 0.548. The topological polar surface area (TPSA) is 33.1 Å². The van der Waals surface area contributed by atoms with Crippen molar-refractivity contribution in [2.24, 2.45) is 5.92 Å².